The molecule has 1 aromatic carbocycles. The summed E-state index contributed by atoms with van der Waals surface area (Å²) in [6.07, 6.45) is 1.53. The molecule has 100 valence electrons. The predicted molar refractivity (Wildman–Crippen MR) is 72.9 cm³/mol. The molecule has 0 bridgehead atoms. The molecule has 1 atom stereocenters. The largest absolute Gasteiger partial charge is 0.395 e. The maximum Gasteiger partial charge on any atom is 0.243 e. The fraction of sp³-hybridized carbons (Fsp3) is 0.500. The van der Waals surface area contributed by atoms with Crippen LogP contribution in [0.15, 0.2) is 27.6 Å². The Balaban J connectivity index is 2.41. The summed E-state index contributed by atoms with van der Waals surface area (Å²) in [7, 11) is -3.50. The first-order chi connectivity index (χ1) is 8.45. The van der Waals surface area contributed by atoms with E-state index in [9.17, 15) is 13.5 Å². The Morgan fingerprint density at radius 1 is 1.44 bits per heavy atom. The first kappa shape index (κ1) is 14.0. The van der Waals surface area contributed by atoms with Gasteiger partial charge >= 0.3 is 0 Å². The number of hydrogen-bond donors (Lipinski definition) is 1. The Labute approximate surface area is 116 Å². The fourth-order valence-electron chi connectivity index (χ4n) is 2.30. The number of aliphatic hydroxyl groups is 1. The van der Waals surface area contributed by atoms with Crippen LogP contribution in [0.2, 0.25) is 0 Å². The van der Waals surface area contributed by atoms with Crippen LogP contribution < -0.4 is 0 Å². The van der Waals surface area contributed by atoms with Crippen LogP contribution >= 0.6 is 15.9 Å². The number of halogens is 1. The lowest BCUT2D eigenvalue weighted by Crippen LogP contribution is -2.37. The van der Waals surface area contributed by atoms with Gasteiger partial charge in [-0.05, 0) is 43.5 Å². The SMILES string of the molecule is Cc1cc(Br)cc(S(=O)(=O)N2CCC[C@H]2CO)c1. The zero-order valence-electron chi connectivity index (χ0n) is 10.1. The van der Waals surface area contributed by atoms with E-state index in [4.69, 9.17) is 0 Å². The number of rotatable bonds is 3. The quantitative estimate of drug-likeness (QED) is 0.919. The molecule has 1 heterocycles. The Bertz CT molecular complexity index is 524. The smallest absolute Gasteiger partial charge is 0.243 e. The molecule has 4 nitrogen and oxygen atoms in total. The van der Waals surface area contributed by atoms with E-state index >= 15 is 0 Å². The standard InChI is InChI=1S/C12H16BrNO3S/c1-9-5-10(13)7-12(6-9)18(16,17)14-4-2-3-11(14)8-15/h5-7,11,15H,2-4,8H2,1H3/t11-/m0/s1. The van der Waals surface area contributed by atoms with Crippen LogP contribution in [0.1, 0.15) is 18.4 Å². The van der Waals surface area contributed by atoms with E-state index in [1.807, 2.05) is 13.0 Å². The van der Waals surface area contributed by atoms with Gasteiger partial charge in [-0.15, -0.1) is 0 Å². The molecule has 1 aromatic rings. The van der Waals surface area contributed by atoms with Crippen molar-refractivity contribution >= 4 is 26.0 Å². The van der Waals surface area contributed by atoms with Crippen molar-refractivity contribution in [2.75, 3.05) is 13.2 Å². The monoisotopic (exact) mass is 333 g/mol. The van der Waals surface area contributed by atoms with Gasteiger partial charge < -0.3 is 5.11 Å². The lowest BCUT2D eigenvalue weighted by molar-refractivity contribution is 0.213. The van der Waals surface area contributed by atoms with Crippen molar-refractivity contribution in [3.8, 4) is 0 Å². The van der Waals surface area contributed by atoms with Crippen LogP contribution in [0, 0.1) is 6.92 Å². The van der Waals surface area contributed by atoms with Gasteiger partial charge in [0.25, 0.3) is 0 Å². The molecule has 1 N–H and O–H groups in total. The van der Waals surface area contributed by atoms with Crippen LogP contribution in [-0.2, 0) is 10.0 Å². The van der Waals surface area contributed by atoms with Crippen LogP contribution in [0.5, 0.6) is 0 Å². The highest BCUT2D eigenvalue weighted by molar-refractivity contribution is 9.10. The summed E-state index contributed by atoms with van der Waals surface area (Å²) in [4.78, 5) is 0.287. The van der Waals surface area contributed by atoms with Crippen molar-refractivity contribution in [2.24, 2.45) is 0 Å². The molecule has 0 radical (unpaired) electrons. The van der Waals surface area contributed by atoms with E-state index < -0.39 is 10.0 Å². The van der Waals surface area contributed by atoms with Gasteiger partial charge in [0.15, 0.2) is 0 Å². The molecule has 0 amide bonds. The van der Waals surface area contributed by atoms with Gasteiger partial charge in [0.05, 0.1) is 11.5 Å². The van der Waals surface area contributed by atoms with E-state index in [0.29, 0.717) is 6.54 Å². The van der Waals surface area contributed by atoms with Gasteiger partial charge in [0, 0.05) is 17.1 Å². The molecule has 0 saturated carbocycles. The lowest BCUT2D eigenvalue weighted by atomic mass is 10.2. The summed E-state index contributed by atoms with van der Waals surface area (Å²) in [5.74, 6) is 0. The Morgan fingerprint density at radius 3 is 2.78 bits per heavy atom. The topological polar surface area (TPSA) is 57.6 Å². The molecule has 0 aromatic heterocycles. The van der Waals surface area contributed by atoms with E-state index in [1.54, 1.807) is 12.1 Å². The molecule has 1 aliphatic heterocycles. The summed E-state index contributed by atoms with van der Waals surface area (Å²) >= 11 is 3.31. The minimum atomic E-state index is -3.50. The molecule has 1 fully saturated rings. The van der Waals surface area contributed by atoms with Crippen molar-refractivity contribution in [1.82, 2.24) is 4.31 Å². The third-order valence-electron chi connectivity index (χ3n) is 3.16. The molecular formula is C12H16BrNO3S. The molecule has 1 saturated heterocycles. The van der Waals surface area contributed by atoms with Gasteiger partial charge in [-0.2, -0.15) is 4.31 Å². The van der Waals surface area contributed by atoms with E-state index in [2.05, 4.69) is 15.9 Å². The molecule has 1 aliphatic rings. The number of nitrogens with zero attached hydrogens (tertiary/aromatic N) is 1. The number of benzene rings is 1. The molecular weight excluding hydrogens is 318 g/mol. The van der Waals surface area contributed by atoms with Crippen molar-refractivity contribution in [3.63, 3.8) is 0 Å². The highest BCUT2D eigenvalue weighted by Gasteiger charge is 2.34. The molecule has 0 unspecified atom stereocenters. The molecule has 2 rings (SSSR count). The van der Waals surface area contributed by atoms with Crippen LogP contribution in [-0.4, -0.2) is 37.0 Å². The summed E-state index contributed by atoms with van der Waals surface area (Å²) in [5.41, 5.74) is 0.891. The summed E-state index contributed by atoms with van der Waals surface area (Å²) < 4.78 is 27.2. The molecule has 6 heteroatoms. The molecule has 18 heavy (non-hydrogen) atoms. The number of aliphatic hydroxyl groups excluding tert-OH is 1. The average Bonchev–Trinajstić information content (AvgIpc) is 2.76. The van der Waals surface area contributed by atoms with Gasteiger partial charge in [0.2, 0.25) is 10.0 Å². The fourth-order valence-corrected chi connectivity index (χ4v) is 4.87. The number of aryl methyl sites for hydroxylation is 1. The number of hydrogen-bond acceptors (Lipinski definition) is 3. The van der Waals surface area contributed by atoms with E-state index in [1.165, 1.54) is 4.31 Å². The third kappa shape index (κ3) is 2.61. The maximum absolute atomic E-state index is 12.5. The summed E-state index contributed by atoms with van der Waals surface area (Å²) in [5, 5.41) is 9.24. The van der Waals surface area contributed by atoms with Crippen LogP contribution in [0.3, 0.4) is 0 Å². The van der Waals surface area contributed by atoms with Crippen LogP contribution in [0.4, 0.5) is 0 Å². The highest BCUT2D eigenvalue weighted by Crippen LogP contribution is 2.28. The van der Waals surface area contributed by atoms with E-state index in [-0.39, 0.29) is 17.5 Å². The van der Waals surface area contributed by atoms with Crippen molar-refractivity contribution < 1.29 is 13.5 Å². The molecule has 0 spiro atoms. The van der Waals surface area contributed by atoms with Gasteiger partial charge in [0.1, 0.15) is 0 Å². The Kier molecular flexibility index (Phi) is 4.11. The summed E-state index contributed by atoms with van der Waals surface area (Å²) in [6.45, 7) is 2.22. The zero-order valence-corrected chi connectivity index (χ0v) is 12.5. The van der Waals surface area contributed by atoms with E-state index in [0.717, 1.165) is 22.9 Å². The first-order valence-electron chi connectivity index (χ1n) is 5.85. The Hall–Kier alpha value is -0.430. The second-order valence-corrected chi connectivity index (χ2v) is 7.36. The molecule has 0 aliphatic carbocycles. The second-order valence-electron chi connectivity index (χ2n) is 4.56. The zero-order chi connectivity index (χ0) is 13.3. The van der Waals surface area contributed by atoms with Crippen molar-refractivity contribution in [3.05, 3.63) is 28.2 Å². The average molecular weight is 334 g/mol. The lowest BCUT2D eigenvalue weighted by Gasteiger charge is -2.22. The van der Waals surface area contributed by atoms with Crippen LogP contribution in [0.25, 0.3) is 0 Å². The third-order valence-corrected chi connectivity index (χ3v) is 5.54. The normalized spacial score (nSPS) is 21.4. The predicted octanol–water partition coefficient (Wildman–Crippen LogP) is 1.90. The minimum Gasteiger partial charge on any atom is -0.395 e. The minimum absolute atomic E-state index is 0.119. The second kappa shape index (κ2) is 5.28. The van der Waals surface area contributed by atoms with Gasteiger partial charge in [-0.1, -0.05) is 15.9 Å². The van der Waals surface area contributed by atoms with Gasteiger partial charge in [-0.3, -0.25) is 0 Å². The Morgan fingerprint density at radius 2 is 2.17 bits per heavy atom. The van der Waals surface area contributed by atoms with Crippen molar-refractivity contribution in [2.45, 2.75) is 30.7 Å². The van der Waals surface area contributed by atoms with Gasteiger partial charge in [-0.25, -0.2) is 8.42 Å². The first-order valence-corrected chi connectivity index (χ1v) is 8.08. The van der Waals surface area contributed by atoms with Crippen molar-refractivity contribution in [1.29, 1.82) is 0 Å². The maximum atomic E-state index is 12.5. The number of sulfonamides is 1. The summed E-state index contributed by atoms with van der Waals surface area (Å²) in [6, 6.07) is 4.85. The highest BCUT2D eigenvalue weighted by atomic mass is 79.9.